The van der Waals surface area contributed by atoms with Gasteiger partial charge in [0.15, 0.2) is 0 Å². The number of nitrogens with zero attached hydrogens (tertiary/aromatic N) is 2. The maximum absolute atomic E-state index is 15.0. The van der Waals surface area contributed by atoms with Crippen molar-refractivity contribution >= 4 is 41.0 Å². The van der Waals surface area contributed by atoms with Crippen molar-refractivity contribution in [1.29, 1.82) is 0 Å². The summed E-state index contributed by atoms with van der Waals surface area (Å²) in [5.41, 5.74) is -0.320. The zero-order valence-corrected chi connectivity index (χ0v) is 28.5. The minimum Gasteiger partial charge on any atom is -0.455 e. The molecule has 11 nitrogen and oxygen atoms in total. The van der Waals surface area contributed by atoms with Gasteiger partial charge in [-0.2, -0.15) is 0 Å². The number of halogens is 1. The number of nitrogens with one attached hydrogen (secondary N) is 1. The number of carbonyl (C=O) groups is 4. The number of aliphatic hydroxyl groups is 1. The molecule has 2 saturated heterocycles. The normalized spacial score (nSPS) is 31.6. The highest BCUT2D eigenvalue weighted by molar-refractivity contribution is 6.30. The summed E-state index contributed by atoms with van der Waals surface area (Å²) in [6, 6.07) is 13.2. The van der Waals surface area contributed by atoms with Crippen molar-refractivity contribution in [3.63, 3.8) is 0 Å². The summed E-state index contributed by atoms with van der Waals surface area (Å²) in [5, 5.41) is 14.1. The lowest BCUT2D eigenvalue weighted by Crippen LogP contribution is -2.59. The first-order valence-electron chi connectivity index (χ1n) is 16.7. The Bertz CT molecular complexity index is 1610. The molecule has 4 aliphatic rings. The van der Waals surface area contributed by atoms with Gasteiger partial charge >= 0.3 is 5.97 Å². The zero-order valence-electron chi connectivity index (χ0n) is 27.7. The Labute approximate surface area is 290 Å². The Morgan fingerprint density at radius 3 is 2.45 bits per heavy atom. The van der Waals surface area contributed by atoms with Gasteiger partial charge < -0.3 is 34.4 Å². The molecule has 5 bridgehead atoms. The van der Waals surface area contributed by atoms with E-state index in [2.05, 4.69) is 5.32 Å². The number of benzene rings is 2. The van der Waals surface area contributed by atoms with Crippen LogP contribution in [-0.4, -0.2) is 90.4 Å². The van der Waals surface area contributed by atoms with Crippen LogP contribution in [0.4, 0.5) is 5.69 Å². The van der Waals surface area contributed by atoms with Crippen LogP contribution in [-0.2, 0) is 33.4 Å². The monoisotopic (exact) mass is 691 g/mol. The van der Waals surface area contributed by atoms with Gasteiger partial charge in [0.25, 0.3) is 5.91 Å². The number of hydrogen-bond donors (Lipinski definition) is 2. The molecule has 0 aromatic heterocycles. The van der Waals surface area contributed by atoms with E-state index in [1.54, 1.807) is 54.6 Å². The van der Waals surface area contributed by atoms with Gasteiger partial charge in [0.1, 0.15) is 23.7 Å². The molecule has 49 heavy (non-hydrogen) atoms. The number of carbonyl (C=O) groups excluding carboxylic acids is 4. The molecule has 0 aliphatic carbocycles. The van der Waals surface area contributed by atoms with E-state index in [0.717, 1.165) is 0 Å². The van der Waals surface area contributed by atoms with Crippen molar-refractivity contribution in [3.05, 3.63) is 89.5 Å². The van der Waals surface area contributed by atoms with Gasteiger partial charge in [-0.3, -0.25) is 19.2 Å². The Morgan fingerprint density at radius 2 is 1.78 bits per heavy atom. The van der Waals surface area contributed by atoms with Crippen LogP contribution in [0.5, 0.6) is 0 Å². The third-order valence-electron chi connectivity index (χ3n) is 9.96. The number of fused-ring (bicyclic) bond motifs is 2. The number of likely N-dealkylation sites (tertiary alicyclic amines) is 1. The lowest BCUT2D eigenvalue weighted by Gasteiger charge is -2.40. The van der Waals surface area contributed by atoms with Crippen molar-refractivity contribution in [1.82, 2.24) is 10.2 Å². The van der Waals surface area contributed by atoms with Crippen LogP contribution < -0.4 is 10.2 Å². The summed E-state index contributed by atoms with van der Waals surface area (Å²) in [7, 11) is 1.50. The maximum atomic E-state index is 15.0. The second kappa shape index (κ2) is 14.4. The highest BCUT2D eigenvalue weighted by atomic mass is 35.5. The molecule has 4 aliphatic heterocycles. The van der Waals surface area contributed by atoms with Crippen molar-refractivity contribution in [2.24, 2.45) is 17.8 Å². The van der Waals surface area contributed by atoms with Crippen LogP contribution in [0.2, 0.25) is 5.02 Å². The molecule has 2 fully saturated rings. The fraction of sp³-hybridized carbons (Fsp3) is 0.459. The Kier molecular flexibility index (Phi) is 10.3. The molecular formula is C37H42ClN3O8. The first-order chi connectivity index (χ1) is 23.6. The second-order valence-corrected chi connectivity index (χ2v) is 13.7. The van der Waals surface area contributed by atoms with E-state index >= 15 is 0 Å². The molecule has 0 saturated carbocycles. The molecule has 260 valence electrons. The second-order valence-electron chi connectivity index (χ2n) is 13.3. The van der Waals surface area contributed by atoms with Gasteiger partial charge in [0, 0.05) is 30.8 Å². The summed E-state index contributed by atoms with van der Waals surface area (Å²) >= 11 is 6.20. The minimum atomic E-state index is -1.49. The fourth-order valence-electron chi connectivity index (χ4n) is 7.63. The van der Waals surface area contributed by atoms with Crippen LogP contribution in [0.25, 0.3) is 0 Å². The lowest BCUT2D eigenvalue weighted by molar-refractivity contribution is -0.162. The third-order valence-corrected chi connectivity index (χ3v) is 10.2. The summed E-state index contributed by atoms with van der Waals surface area (Å²) in [5.74, 6) is -4.28. The van der Waals surface area contributed by atoms with E-state index in [1.165, 1.54) is 16.9 Å². The van der Waals surface area contributed by atoms with E-state index in [0.29, 0.717) is 22.7 Å². The van der Waals surface area contributed by atoms with E-state index in [1.807, 2.05) is 38.1 Å². The minimum absolute atomic E-state index is 0.0538. The van der Waals surface area contributed by atoms with E-state index in [9.17, 15) is 24.3 Å². The highest BCUT2D eigenvalue weighted by Crippen LogP contribution is 2.56. The Morgan fingerprint density at radius 1 is 1.04 bits per heavy atom. The number of hydrogen-bond acceptors (Lipinski definition) is 8. The number of cyclic esters (lactones) is 1. The number of esters is 1. The average Bonchev–Trinajstić information content (AvgIpc) is 3.73. The highest BCUT2D eigenvalue weighted by Gasteiger charge is 2.74. The van der Waals surface area contributed by atoms with Gasteiger partial charge in [-0.05, 0) is 42.2 Å². The van der Waals surface area contributed by atoms with Crippen LogP contribution in [0.15, 0.2) is 78.9 Å². The molecule has 1 spiro atoms. The quantitative estimate of drug-likeness (QED) is 0.332. The Hall–Kier alpha value is -4.03. The van der Waals surface area contributed by atoms with Gasteiger partial charge in [0.05, 0.1) is 37.3 Å². The third kappa shape index (κ3) is 6.40. The van der Waals surface area contributed by atoms with Gasteiger partial charge in [-0.25, -0.2) is 0 Å². The number of aliphatic hydroxyl groups excluding tert-OH is 1. The van der Waals surface area contributed by atoms with Crippen molar-refractivity contribution in [2.45, 2.75) is 62.6 Å². The largest absolute Gasteiger partial charge is 0.455 e. The molecule has 12 heteroatoms. The molecule has 2 aromatic carbocycles. The summed E-state index contributed by atoms with van der Waals surface area (Å²) < 4.78 is 18.3. The lowest BCUT2D eigenvalue weighted by atomic mass is 9.74. The van der Waals surface area contributed by atoms with Crippen LogP contribution in [0.1, 0.15) is 38.4 Å². The fourth-order valence-corrected chi connectivity index (χ4v) is 7.76. The predicted octanol–water partition coefficient (Wildman–Crippen LogP) is 3.61. The van der Waals surface area contributed by atoms with Crippen molar-refractivity contribution < 1.29 is 38.5 Å². The van der Waals surface area contributed by atoms with Crippen LogP contribution in [0, 0.1) is 17.8 Å². The van der Waals surface area contributed by atoms with E-state index in [4.69, 9.17) is 25.8 Å². The molecule has 6 rings (SSSR count). The smallest absolute Gasteiger partial charge is 0.313 e. The number of anilines is 1. The zero-order chi connectivity index (χ0) is 34.9. The summed E-state index contributed by atoms with van der Waals surface area (Å²) in [6.45, 7) is 3.52. The Balaban J connectivity index is 1.48. The molecule has 4 heterocycles. The topological polar surface area (TPSA) is 135 Å². The summed E-state index contributed by atoms with van der Waals surface area (Å²) in [6.07, 6.45) is 5.81. The summed E-state index contributed by atoms with van der Waals surface area (Å²) in [4.78, 5) is 60.2. The van der Waals surface area contributed by atoms with Crippen molar-refractivity contribution in [3.8, 4) is 0 Å². The first kappa shape index (κ1) is 34.8. The van der Waals surface area contributed by atoms with Gasteiger partial charge in [-0.1, -0.05) is 80.1 Å². The average molecular weight is 692 g/mol. The number of allylic oxidation sites excluding steroid dienone is 1. The van der Waals surface area contributed by atoms with Gasteiger partial charge in [-0.15, -0.1) is 0 Å². The molecule has 2 N–H and O–H groups in total. The predicted molar refractivity (Wildman–Crippen MR) is 181 cm³/mol. The SMILES string of the molecule is COC[C@H]1NC(=O)CC/C=C\CN(c2ccc(Cl)cc2)C(=O)[C@@H]2N([C@@H](CO)C(C)C)C(=O)[C@H]3[C@H](C(=O)O[C@@H]1c1ccccc1)[C@@H]1C=C[C@]23O1. The number of ether oxygens (including phenoxy) is 3. The van der Waals surface area contributed by atoms with E-state index in [-0.39, 0.29) is 31.4 Å². The molecular weight excluding hydrogens is 650 g/mol. The number of methoxy groups -OCH3 is 1. The van der Waals surface area contributed by atoms with E-state index < -0.39 is 72.2 Å². The molecule has 8 atom stereocenters. The van der Waals surface area contributed by atoms with Crippen LogP contribution in [0.3, 0.4) is 0 Å². The molecule has 0 unspecified atom stereocenters. The van der Waals surface area contributed by atoms with Gasteiger partial charge in [0.2, 0.25) is 11.8 Å². The standard InChI is InChI=1S/C37H42ClN3O8/c1-22(2)27(20-42)41-33-35(45)40(25-15-13-24(38)14-16-25)19-9-5-8-12-29(43)39-26(21-47-3)32(23-10-6-4-7-11-23)48-36(46)30-28-17-18-37(33,49-28)31(30)34(41)44/h4-7,9-11,13-18,22,26-28,30-33,42H,8,12,19-21H2,1-3H3,(H,39,43)/b9-5-/t26-,27+,28+,30-,31-,32-,33+,37-/m1/s1. The van der Waals surface area contributed by atoms with Crippen LogP contribution >= 0.6 is 11.6 Å². The van der Waals surface area contributed by atoms with Crippen molar-refractivity contribution in [2.75, 3.05) is 31.8 Å². The molecule has 0 radical (unpaired) electrons. The molecule has 2 aromatic rings. The maximum Gasteiger partial charge on any atom is 0.313 e. The number of amides is 3. The number of rotatable bonds is 7. The first-order valence-corrected chi connectivity index (χ1v) is 17.0. The molecule has 3 amide bonds.